The number of nitrogens with zero attached hydrogens (tertiary/aromatic N) is 1. The quantitative estimate of drug-likeness (QED) is 0.781. The summed E-state index contributed by atoms with van der Waals surface area (Å²) >= 11 is 3.37. The van der Waals surface area contributed by atoms with Gasteiger partial charge in [0, 0.05) is 16.1 Å². The van der Waals surface area contributed by atoms with Crippen molar-refractivity contribution in [2.24, 2.45) is 4.40 Å². The van der Waals surface area contributed by atoms with E-state index in [1.165, 1.54) is 7.11 Å². The van der Waals surface area contributed by atoms with Crippen molar-refractivity contribution >= 4 is 42.4 Å². The van der Waals surface area contributed by atoms with E-state index < -0.39 is 10.0 Å². The van der Waals surface area contributed by atoms with Crippen LogP contribution in [0.4, 0.5) is 5.69 Å². The van der Waals surface area contributed by atoms with Gasteiger partial charge in [-0.05, 0) is 36.8 Å². The summed E-state index contributed by atoms with van der Waals surface area (Å²) in [7, 11) is -0.696. The van der Waals surface area contributed by atoms with Crippen LogP contribution in [0.2, 0.25) is 0 Å². The maximum Gasteiger partial charge on any atom is 0.285 e. The van der Waals surface area contributed by atoms with Gasteiger partial charge in [-0.15, -0.1) is 4.40 Å². The summed E-state index contributed by atoms with van der Waals surface area (Å²) in [4.78, 5) is 0.189. The highest BCUT2D eigenvalue weighted by Crippen LogP contribution is 2.36. The van der Waals surface area contributed by atoms with Gasteiger partial charge < -0.3 is 14.8 Å². The Morgan fingerprint density at radius 1 is 1.08 bits per heavy atom. The minimum atomic E-state index is -3.79. The molecule has 0 unspecified atom stereocenters. The van der Waals surface area contributed by atoms with Gasteiger partial charge in [-0.3, -0.25) is 0 Å². The fraction of sp³-hybridized carbons (Fsp3) is 0.167. The predicted molar refractivity (Wildman–Crippen MR) is 106 cm³/mol. The molecule has 1 aliphatic rings. The third-order valence-corrected chi connectivity index (χ3v) is 5.89. The molecule has 1 heterocycles. The summed E-state index contributed by atoms with van der Waals surface area (Å²) in [6.07, 6.45) is 0. The summed E-state index contributed by atoms with van der Waals surface area (Å²) in [6, 6.07) is 12.3. The second-order valence-electron chi connectivity index (χ2n) is 5.57. The monoisotopic (exact) mass is 436 g/mol. The Labute approximate surface area is 160 Å². The lowest BCUT2D eigenvalue weighted by Crippen LogP contribution is -2.12. The minimum absolute atomic E-state index is 0.189. The molecule has 2 aromatic rings. The number of hydrogen-bond donors (Lipinski definition) is 1. The standard InChI is InChI=1S/C18H17BrN2O4S/c1-11-17(12-5-4-6-13(19)9-12)26(22,23)21-18(11)20-15-8-7-14(24-2)10-16(15)25-3/h4-10H,1-3H3,(H,20,21). The number of hydrogen-bond acceptors (Lipinski definition) is 5. The SMILES string of the molecule is COc1ccc(NC2=NS(=O)(=O)C(c3cccc(Br)c3)=C2C)c(OC)c1. The summed E-state index contributed by atoms with van der Waals surface area (Å²) in [6.45, 7) is 1.72. The van der Waals surface area contributed by atoms with E-state index in [0.29, 0.717) is 28.3 Å². The Balaban J connectivity index is 2.02. The molecule has 0 saturated carbocycles. The smallest absolute Gasteiger partial charge is 0.285 e. The van der Waals surface area contributed by atoms with Crippen LogP contribution in [0.15, 0.2) is 56.9 Å². The summed E-state index contributed by atoms with van der Waals surface area (Å²) in [5.41, 5.74) is 1.72. The molecule has 136 valence electrons. The Morgan fingerprint density at radius 2 is 1.85 bits per heavy atom. The molecule has 2 aromatic carbocycles. The molecule has 0 aliphatic carbocycles. The number of amidine groups is 1. The van der Waals surface area contributed by atoms with Gasteiger partial charge >= 0.3 is 0 Å². The van der Waals surface area contributed by atoms with E-state index in [4.69, 9.17) is 9.47 Å². The van der Waals surface area contributed by atoms with Crippen LogP contribution in [0, 0.1) is 0 Å². The maximum atomic E-state index is 12.6. The fourth-order valence-corrected chi connectivity index (χ4v) is 4.50. The first-order chi connectivity index (χ1) is 12.4. The van der Waals surface area contributed by atoms with Crippen LogP contribution in [0.25, 0.3) is 4.91 Å². The summed E-state index contributed by atoms with van der Waals surface area (Å²) < 4.78 is 40.4. The molecule has 8 heteroatoms. The highest BCUT2D eigenvalue weighted by atomic mass is 79.9. The van der Waals surface area contributed by atoms with Crippen LogP contribution in [0.3, 0.4) is 0 Å². The zero-order chi connectivity index (χ0) is 18.9. The number of methoxy groups -OCH3 is 2. The molecule has 1 N–H and O–H groups in total. The van der Waals surface area contributed by atoms with Gasteiger partial charge in [-0.1, -0.05) is 28.1 Å². The second-order valence-corrected chi connectivity index (χ2v) is 8.03. The van der Waals surface area contributed by atoms with Gasteiger partial charge in [0.1, 0.15) is 22.2 Å². The molecule has 0 amide bonds. The molecule has 0 radical (unpaired) electrons. The molecule has 6 nitrogen and oxygen atoms in total. The van der Waals surface area contributed by atoms with E-state index in [1.54, 1.807) is 50.4 Å². The molecular weight excluding hydrogens is 420 g/mol. The highest BCUT2D eigenvalue weighted by Gasteiger charge is 2.31. The number of nitrogens with one attached hydrogen (secondary N) is 1. The van der Waals surface area contributed by atoms with Crippen LogP contribution in [-0.4, -0.2) is 28.5 Å². The molecule has 1 aliphatic heterocycles. The van der Waals surface area contributed by atoms with E-state index >= 15 is 0 Å². The van der Waals surface area contributed by atoms with Gasteiger partial charge in [-0.2, -0.15) is 8.42 Å². The van der Waals surface area contributed by atoms with Crippen molar-refractivity contribution in [3.63, 3.8) is 0 Å². The minimum Gasteiger partial charge on any atom is -0.497 e. The molecule has 0 atom stereocenters. The molecule has 0 aromatic heterocycles. The zero-order valence-corrected chi connectivity index (χ0v) is 16.8. The van der Waals surface area contributed by atoms with E-state index in [-0.39, 0.29) is 10.7 Å². The van der Waals surface area contributed by atoms with Crippen LogP contribution < -0.4 is 14.8 Å². The van der Waals surface area contributed by atoms with Crippen LogP contribution >= 0.6 is 15.9 Å². The average molecular weight is 437 g/mol. The Kier molecular flexibility index (Phi) is 5.06. The van der Waals surface area contributed by atoms with Crippen molar-refractivity contribution in [2.75, 3.05) is 19.5 Å². The Morgan fingerprint density at radius 3 is 2.50 bits per heavy atom. The van der Waals surface area contributed by atoms with Crippen LogP contribution in [-0.2, 0) is 10.0 Å². The van der Waals surface area contributed by atoms with E-state index in [0.717, 1.165) is 4.47 Å². The lowest BCUT2D eigenvalue weighted by molar-refractivity contribution is 0.395. The Hall–Kier alpha value is -2.32. The van der Waals surface area contributed by atoms with E-state index in [9.17, 15) is 8.42 Å². The van der Waals surface area contributed by atoms with Gasteiger partial charge in [-0.25, -0.2) is 0 Å². The predicted octanol–water partition coefficient (Wildman–Crippen LogP) is 4.05. The van der Waals surface area contributed by atoms with Gasteiger partial charge in [0.15, 0.2) is 0 Å². The van der Waals surface area contributed by atoms with Crippen LogP contribution in [0.1, 0.15) is 12.5 Å². The van der Waals surface area contributed by atoms with Crippen molar-refractivity contribution < 1.29 is 17.9 Å². The van der Waals surface area contributed by atoms with Crippen molar-refractivity contribution in [3.8, 4) is 11.5 Å². The number of sulfonamides is 1. The Bertz CT molecular complexity index is 1030. The first-order valence-electron chi connectivity index (χ1n) is 7.67. The van der Waals surface area contributed by atoms with E-state index in [2.05, 4.69) is 25.6 Å². The summed E-state index contributed by atoms with van der Waals surface area (Å²) in [5.74, 6) is 1.42. The molecule has 0 bridgehead atoms. The lowest BCUT2D eigenvalue weighted by atomic mass is 10.1. The van der Waals surface area contributed by atoms with E-state index in [1.807, 2.05) is 6.07 Å². The van der Waals surface area contributed by atoms with Crippen molar-refractivity contribution in [3.05, 3.63) is 58.1 Å². The molecular formula is C18H17BrN2O4S. The second kappa shape index (κ2) is 7.13. The number of halogens is 1. The third-order valence-electron chi connectivity index (χ3n) is 3.91. The van der Waals surface area contributed by atoms with Crippen molar-refractivity contribution in [2.45, 2.75) is 6.92 Å². The fourth-order valence-electron chi connectivity index (χ4n) is 2.68. The third kappa shape index (κ3) is 3.47. The topological polar surface area (TPSA) is 77.0 Å². The molecule has 3 rings (SSSR count). The van der Waals surface area contributed by atoms with Crippen molar-refractivity contribution in [1.29, 1.82) is 0 Å². The molecule has 0 fully saturated rings. The average Bonchev–Trinajstić information content (AvgIpc) is 2.83. The van der Waals surface area contributed by atoms with Crippen molar-refractivity contribution in [1.82, 2.24) is 0 Å². The largest absolute Gasteiger partial charge is 0.497 e. The van der Waals surface area contributed by atoms with Crippen LogP contribution in [0.5, 0.6) is 11.5 Å². The first-order valence-corrected chi connectivity index (χ1v) is 9.90. The molecule has 0 saturated heterocycles. The lowest BCUT2D eigenvalue weighted by Gasteiger charge is -2.12. The number of ether oxygens (including phenoxy) is 2. The molecule has 0 spiro atoms. The maximum absolute atomic E-state index is 12.6. The summed E-state index contributed by atoms with van der Waals surface area (Å²) in [5, 5.41) is 3.05. The number of benzene rings is 2. The van der Waals surface area contributed by atoms with Gasteiger partial charge in [0.25, 0.3) is 10.0 Å². The number of rotatable bonds is 4. The highest BCUT2D eigenvalue weighted by molar-refractivity contribution is 9.10. The van der Waals surface area contributed by atoms with Gasteiger partial charge in [0.05, 0.1) is 19.9 Å². The number of anilines is 1. The first kappa shape index (κ1) is 18.5. The van der Waals surface area contributed by atoms with Gasteiger partial charge in [0.2, 0.25) is 0 Å². The zero-order valence-electron chi connectivity index (χ0n) is 14.4. The molecule has 26 heavy (non-hydrogen) atoms. The normalized spacial score (nSPS) is 15.6.